The Morgan fingerprint density at radius 1 is 1.03 bits per heavy atom. The van der Waals surface area contributed by atoms with Crippen LogP contribution in [0.4, 0.5) is 0 Å². The van der Waals surface area contributed by atoms with E-state index in [0.29, 0.717) is 13.0 Å². The lowest BCUT2D eigenvalue weighted by atomic mass is 10.1. The topological polar surface area (TPSA) is 65.1 Å². The second kappa shape index (κ2) is 12.1. The van der Waals surface area contributed by atoms with Gasteiger partial charge in [-0.05, 0) is 83.6 Å². The van der Waals surface area contributed by atoms with Crippen LogP contribution in [0.25, 0.3) is 10.9 Å². The number of phenolic OH excluding ortho intramolecular Hbond substituents is 1. The van der Waals surface area contributed by atoms with E-state index in [1.807, 2.05) is 18.3 Å². The highest BCUT2D eigenvalue weighted by Crippen LogP contribution is 2.23. The van der Waals surface area contributed by atoms with Gasteiger partial charge < -0.3 is 15.4 Å². The molecule has 0 bridgehead atoms. The number of hydrogen-bond donors (Lipinski definition) is 3. The number of carbonyl (C=O) groups excluding carboxylic acids is 1. The van der Waals surface area contributed by atoms with E-state index in [1.165, 1.54) is 16.7 Å². The number of amides is 1. The van der Waals surface area contributed by atoms with Gasteiger partial charge in [-0.2, -0.15) is 0 Å². The number of aromatic amines is 1. The summed E-state index contributed by atoms with van der Waals surface area (Å²) in [5.41, 5.74) is 6.16. The van der Waals surface area contributed by atoms with Crippen molar-refractivity contribution in [3.8, 4) is 5.75 Å². The smallest absolute Gasteiger partial charge is 0.223 e. The minimum atomic E-state index is 0.0467. The minimum absolute atomic E-state index is 0.0467. The third kappa shape index (κ3) is 8.32. The largest absolute Gasteiger partial charge is 0.508 e. The fourth-order valence-corrected chi connectivity index (χ4v) is 3.39. The first kappa shape index (κ1) is 23.5. The SMILES string of the molecule is CC(C)=CCC/C(C)=C/CC/C(C)=C/CC(=O)NCCc1c[nH]c2ccc(O)cc12. The highest BCUT2D eigenvalue weighted by Gasteiger charge is 2.05. The van der Waals surface area contributed by atoms with Crippen molar-refractivity contribution in [1.29, 1.82) is 0 Å². The molecular weight excluding hydrogens is 372 g/mol. The Kier molecular flexibility index (Phi) is 9.46. The van der Waals surface area contributed by atoms with Gasteiger partial charge in [0, 0.05) is 30.1 Å². The van der Waals surface area contributed by atoms with E-state index in [4.69, 9.17) is 0 Å². The van der Waals surface area contributed by atoms with Gasteiger partial charge in [-0.25, -0.2) is 0 Å². The van der Waals surface area contributed by atoms with E-state index in [9.17, 15) is 9.90 Å². The molecule has 0 spiro atoms. The molecule has 0 aliphatic heterocycles. The Balaban J connectivity index is 1.68. The maximum absolute atomic E-state index is 12.1. The molecule has 2 aromatic rings. The molecule has 1 heterocycles. The molecule has 0 aliphatic rings. The zero-order valence-electron chi connectivity index (χ0n) is 18.8. The van der Waals surface area contributed by atoms with Crippen LogP contribution in [0.3, 0.4) is 0 Å². The number of phenols is 1. The van der Waals surface area contributed by atoms with Crippen LogP contribution >= 0.6 is 0 Å². The first-order valence-electron chi connectivity index (χ1n) is 10.9. The van der Waals surface area contributed by atoms with Crippen LogP contribution in [-0.4, -0.2) is 22.5 Å². The van der Waals surface area contributed by atoms with E-state index < -0.39 is 0 Å². The lowest BCUT2D eigenvalue weighted by molar-refractivity contribution is -0.120. The van der Waals surface area contributed by atoms with Crippen LogP contribution in [0.15, 0.2) is 59.3 Å². The fourth-order valence-electron chi connectivity index (χ4n) is 3.39. The quantitative estimate of drug-likeness (QED) is 0.380. The predicted octanol–water partition coefficient (Wildman–Crippen LogP) is 6.34. The van der Waals surface area contributed by atoms with E-state index in [2.05, 4.69) is 50.1 Å². The lowest BCUT2D eigenvalue weighted by Crippen LogP contribution is -2.24. The fraction of sp³-hybridized carbons (Fsp3) is 0.423. The van der Waals surface area contributed by atoms with Gasteiger partial charge in [0.25, 0.3) is 0 Å². The molecule has 0 unspecified atom stereocenters. The van der Waals surface area contributed by atoms with Gasteiger partial charge in [-0.15, -0.1) is 0 Å². The lowest BCUT2D eigenvalue weighted by Gasteiger charge is -2.05. The van der Waals surface area contributed by atoms with Gasteiger partial charge >= 0.3 is 0 Å². The molecule has 0 fully saturated rings. The molecule has 1 aromatic heterocycles. The number of rotatable bonds is 11. The van der Waals surface area contributed by atoms with Crippen LogP contribution in [0.2, 0.25) is 0 Å². The van der Waals surface area contributed by atoms with Crippen molar-refractivity contribution in [1.82, 2.24) is 10.3 Å². The molecule has 30 heavy (non-hydrogen) atoms. The number of hydrogen-bond acceptors (Lipinski definition) is 2. The zero-order chi connectivity index (χ0) is 21.9. The number of benzene rings is 1. The van der Waals surface area contributed by atoms with Crippen molar-refractivity contribution in [3.63, 3.8) is 0 Å². The van der Waals surface area contributed by atoms with Crippen molar-refractivity contribution in [2.75, 3.05) is 6.54 Å². The zero-order valence-corrected chi connectivity index (χ0v) is 18.8. The molecule has 1 amide bonds. The molecule has 3 N–H and O–H groups in total. The van der Waals surface area contributed by atoms with Crippen LogP contribution < -0.4 is 5.32 Å². The summed E-state index contributed by atoms with van der Waals surface area (Å²) in [5, 5.41) is 13.7. The summed E-state index contributed by atoms with van der Waals surface area (Å²) >= 11 is 0. The Bertz CT molecular complexity index is 928. The maximum Gasteiger partial charge on any atom is 0.223 e. The van der Waals surface area contributed by atoms with E-state index in [1.54, 1.807) is 12.1 Å². The number of allylic oxidation sites excluding steroid dienone is 5. The number of aromatic hydroxyl groups is 1. The van der Waals surface area contributed by atoms with Crippen LogP contribution in [-0.2, 0) is 11.2 Å². The number of carbonyl (C=O) groups is 1. The van der Waals surface area contributed by atoms with Gasteiger partial charge in [0.2, 0.25) is 5.91 Å². The van der Waals surface area contributed by atoms with Gasteiger partial charge in [-0.1, -0.05) is 34.9 Å². The normalized spacial score (nSPS) is 12.3. The third-order valence-electron chi connectivity index (χ3n) is 5.23. The Labute approximate surface area is 180 Å². The molecule has 0 aliphatic carbocycles. The van der Waals surface area contributed by atoms with Gasteiger partial charge in [-0.3, -0.25) is 4.79 Å². The number of H-pyrrole nitrogens is 1. The van der Waals surface area contributed by atoms with E-state index >= 15 is 0 Å². The second-order valence-corrected chi connectivity index (χ2v) is 8.31. The molecular formula is C26H36N2O2. The summed E-state index contributed by atoms with van der Waals surface area (Å²) < 4.78 is 0. The average molecular weight is 409 g/mol. The van der Waals surface area contributed by atoms with Crippen molar-refractivity contribution < 1.29 is 9.90 Å². The number of aromatic nitrogens is 1. The molecule has 162 valence electrons. The minimum Gasteiger partial charge on any atom is -0.508 e. The van der Waals surface area contributed by atoms with E-state index in [0.717, 1.165) is 48.6 Å². The molecule has 0 radical (unpaired) electrons. The molecule has 0 atom stereocenters. The highest BCUT2D eigenvalue weighted by molar-refractivity contribution is 5.84. The molecule has 2 rings (SSSR count). The summed E-state index contributed by atoms with van der Waals surface area (Å²) in [4.78, 5) is 15.3. The first-order chi connectivity index (χ1) is 14.3. The summed E-state index contributed by atoms with van der Waals surface area (Å²) in [5.74, 6) is 0.302. The Morgan fingerprint density at radius 2 is 1.73 bits per heavy atom. The van der Waals surface area contributed by atoms with Gasteiger partial charge in [0.1, 0.15) is 5.75 Å². The summed E-state index contributed by atoms with van der Waals surface area (Å²) in [6.45, 7) is 9.15. The van der Waals surface area contributed by atoms with Crippen molar-refractivity contribution in [3.05, 3.63) is 64.9 Å². The highest BCUT2D eigenvalue weighted by atomic mass is 16.3. The molecule has 1 aromatic carbocycles. The van der Waals surface area contributed by atoms with Crippen LogP contribution in [0.5, 0.6) is 5.75 Å². The Morgan fingerprint density at radius 3 is 2.47 bits per heavy atom. The average Bonchev–Trinajstić information content (AvgIpc) is 3.08. The third-order valence-corrected chi connectivity index (χ3v) is 5.23. The van der Waals surface area contributed by atoms with Gasteiger partial charge in [0.05, 0.1) is 0 Å². The summed E-state index contributed by atoms with van der Waals surface area (Å²) in [7, 11) is 0. The monoisotopic (exact) mass is 408 g/mol. The van der Waals surface area contributed by atoms with Crippen molar-refractivity contribution in [2.24, 2.45) is 0 Å². The van der Waals surface area contributed by atoms with Gasteiger partial charge in [0.15, 0.2) is 0 Å². The Hall–Kier alpha value is -2.75. The maximum atomic E-state index is 12.1. The van der Waals surface area contributed by atoms with Crippen molar-refractivity contribution >= 4 is 16.8 Å². The molecule has 4 nitrogen and oxygen atoms in total. The molecule has 0 saturated heterocycles. The summed E-state index contributed by atoms with van der Waals surface area (Å²) in [6, 6.07) is 5.29. The number of fused-ring (bicyclic) bond motifs is 1. The van der Waals surface area contributed by atoms with Crippen molar-refractivity contribution in [2.45, 2.75) is 66.2 Å². The predicted molar refractivity (Wildman–Crippen MR) is 127 cm³/mol. The first-order valence-corrected chi connectivity index (χ1v) is 10.9. The van der Waals surface area contributed by atoms with Crippen LogP contribution in [0, 0.1) is 0 Å². The summed E-state index contributed by atoms with van der Waals surface area (Å²) in [6.07, 6.45) is 14.0. The van der Waals surface area contributed by atoms with E-state index in [-0.39, 0.29) is 11.7 Å². The second-order valence-electron chi connectivity index (χ2n) is 8.31. The number of nitrogens with one attached hydrogen (secondary N) is 2. The standard InChI is InChI=1S/C26H36N2O2/c1-19(2)7-5-8-20(3)9-6-10-21(4)11-14-26(30)27-16-15-22-18-28-25-13-12-23(29)17-24(22)25/h7,9,11-13,17-18,28-29H,5-6,8,10,14-16H2,1-4H3,(H,27,30)/b20-9+,21-11+. The molecule has 0 saturated carbocycles. The molecule has 4 heteroatoms. The van der Waals surface area contributed by atoms with Crippen LogP contribution in [0.1, 0.15) is 65.4 Å².